The van der Waals surface area contributed by atoms with Gasteiger partial charge in [0.05, 0.1) is 14.2 Å². The molecule has 0 spiro atoms. The van der Waals surface area contributed by atoms with Crippen LogP contribution in [0.25, 0.3) is 0 Å². The molecule has 0 unspecified atom stereocenters. The van der Waals surface area contributed by atoms with Crippen LogP contribution in [0.15, 0.2) is 36.5 Å². The van der Waals surface area contributed by atoms with Crippen molar-refractivity contribution in [2.24, 2.45) is 5.73 Å². The smallest absolute Gasteiger partial charge is 0.256 e. The fourth-order valence-electron chi connectivity index (χ4n) is 1.79. The number of ether oxygens (including phenoxy) is 2. The SMILES string of the molecule is COc1ccc(C(=O)Nc2ccc(CN)cn2)cc1OC. The second kappa shape index (κ2) is 6.71. The number of hydrogen-bond acceptors (Lipinski definition) is 5. The molecule has 6 heteroatoms. The molecule has 0 saturated heterocycles. The highest BCUT2D eigenvalue weighted by Crippen LogP contribution is 2.27. The molecule has 0 saturated carbocycles. The van der Waals surface area contributed by atoms with Crippen molar-refractivity contribution in [3.8, 4) is 11.5 Å². The monoisotopic (exact) mass is 287 g/mol. The Labute approximate surface area is 122 Å². The van der Waals surface area contributed by atoms with Crippen molar-refractivity contribution in [1.82, 2.24) is 4.98 Å². The number of nitrogens with two attached hydrogens (primary N) is 1. The second-order valence-corrected chi connectivity index (χ2v) is 4.28. The van der Waals surface area contributed by atoms with Crippen LogP contribution in [0.4, 0.5) is 5.82 Å². The summed E-state index contributed by atoms with van der Waals surface area (Å²) in [6.45, 7) is 0.414. The maximum atomic E-state index is 12.2. The number of nitrogens with zero attached hydrogens (tertiary/aromatic N) is 1. The maximum absolute atomic E-state index is 12.2. The Balaban J connectivity index is 2.15. The van der Waals surface area contributed by atoms with Crippen molar-refractivity contribution in [3.63, 3.8) is 0 Å². The van der Waals surface area contributed by atoms with Gasteiger partial charge in [-0.1, -0.05) is 6.07 Å². The van der Waals surface area contributed by atoms with Gasteiger partial charge in [0.2, 0.25) is 0 Å². The molecule has 1 amide bonds. The zero-order chi connectivity index (χ0) is 15.2. The van der Waals surface area contributed by atoms with Crippen LogP contribution in [0.1, 0.15) is 15.9 Å². The molecule has 2 rings (SSSR count). The molecule has 0 bridgehead atoms. The molecule has 0 aliphatic heterocycles. The Kier molecular flexibility index (Phi) is 4.73. The molecule has 0 atom stereocenters. The number of rotatable bonds is 5. The van der Waals surface area contributed by atoms with Crippen molar-refractivity contribution in [2.75, 3.05) is 19.5 Å². The third kappa shape index (κ3) is 3.49. The van der Waals surface area contributed by atoms with Crippen LogP contribution in [0.5, 0.6) is 11.5 Å². The standard InChI is InChI=1S/C15H17N3O3/c1-20-12-5-4-11(7-13(12)21-2)15(19)18-14-6-3-10(8-16)9-17-14/h3-7,9H,8,16H2,1-2H3,(H,17,18,19). The summed E-state index contributed by atoms with van der Waals surface area (Å²) in [6.07, 6.45) is 1.63. The normalized spacial score (nSPS) is 10.0. The first-order valence-corrected chi connectivity index (χ1v) is 6.36. The summed E-state index contributed by atoms with van der Waals surface area (Å²) in [5, 5.41) is 2.71. The van der Waals surface area contributed by atoms with Crippen molar-refractivity contribution in [2.45, 2.75) is 6.54 Å². The van der Waals surface area contributed by atoms with Gasteiger partial charge in [-0.15, -0.1) is 0 Å². The summed E-state index contributed by atoms with van der Waals surface area (Å²) in [5.41, 5.74) is 6.86. The average Bonchev–Trinajstić information content (AvgIpc) is 2.54. The largest absolute Gasteiger partial charge is 0.493 e. The van der Waals surface area contributed by atoms with Crippen molar-refractivity contribution in [3.05, 3.63) is 47.7 Å². The number of amides is 1. The number of benzene rings is 1. The molecule has 3 N–H and O–H groups in total. The Hall–Kier alpha value is -2.60. The lowest BCUT2D eigenvalue weighted by Gasteiger charge is -2.10. The van der Waals surface area contributed by atoms with Crippen molar-refractivity contribution < 1.29 is 14.3 Å². The van der Waals surface area contributed by atoms with Crippen LogP contribution in [-0.4, -0.2) is 25.1 Å². The minimum atomic E-state index is -0.274. The van der Waals surface area contributed by atoms with E-state index in [1.54, 1.807) is 37.6 Å². The van der Waals surface area contributed by atoms with E-state index in [2.05, 4.69) is 10.3 Å². The first-order valence-electron chi connectivity index (χ1n) is 6.36. The minimum absolute atomic E-state index is 0.274. The minimum Gasteiger partial charge on any atom is -0.493 e. The third-order valence-corrected chi connectivity index (χ3v) is 2.95. The molecule has 1 aromatic carbocycles. The number of hydrogen-bond donors (Lipinski definition) is 2. The number of aromatic nitrogens is 1. The fourth-order valence-corrected chi connectivity index (χ4v) is 1.79. The van der Waals surface area contributed by atoms with Gasteiger partial charge in [-0.25, -0.2) is 4.98 Å². The zero-order valence-electron chi connectivity index (χ0n) is 11.9. The van der Waals surface area contributed by atoms with Gasteiger partial charge in [0, 0.05) is 18.3 Å². The van der Waals surface area contributed by atoms with Crippen LogP contribution in [0, 0.1) is 0 Å². The van der Waals surface area contributed by atoms with E-state index in [4.69, 9.17) is 15.2 Å². The summed E-state index contributed by atoms with van der Waals surface area (Å²) in [7, 11) is 3.06. The molecule has 110 valence electrons. The number of nitrogens with one attached hydrogen (secondary N) is 1. The molecule has 0 aliphatic carbocycles. The summed E-state index contributed by atoms with van der Waals surface area (Å²) in [5.74, 6) is 1.26. The zero-order valence-corrected chi connectivity index (χ0v) is 11.9. The van der Waals surface area contributed by atoms with E-state index in [1.165, 1.54) is 7.11 Å². The highest BCUT2D eigenvalue weighted by Gasteiger charge is 2.11. The number of anilines is 1. The Morgan fingerprint density at radius 1 is 1.19 bits per heavy atom. The van der Waals surface area contributed by atoms with Crippen LogP contribution < -0.4 is 20.5 Å². The quantitative estimate of drug-likeness (QED) is 0.875. The lowest BCUT2D eigenvalue weighted by molar-refractivity contribution is 0.102. The summed E-state index contributed by atoms with van der Waals surface area (Å²) >= 11 is 0. The van der Waals surface area contributed by atoms with E-state index in [1.807, 2.05) is 6.07 Å². The van der Waals surface area contributed by atoms with Gasteiger partial charge in [0.15, 0.2) is 11.5 Å². The van der Waals surface area contributed by atoms with Crippen LogP contribution in [0.2, 0.25) is 0 Å². The van der Waals surface area contributed by atoms with Crippen LogP contribution in [0.3, 0.4) is 0 Å². The summed E-state index contributed by atoms with van der Waals surface area (Å²) < 4.78 is 10.3. The molecule has 0 fully saturated rings. The van der Waals surface area contributed by atoms with Crippen molar-refractivity contribution >= 4 is 11.7 Å². The molecule has 1 heterocycles. The molecule has 2 aromatic rings. The molecule has 21 heavy (non-hydrogen) atoms. The van der Waals surface area contributed by atoms with Crippen molar-refractivity contribution in [1.29, 1.82) is 0 Å². The van der Waals surface area contributed by atoms with Gasteiger partial charge < -0.3 is 20.5 Å². The maximum Gasteiger partial charge on any atom is 0.256 e. The topological polar surface area (TPSA) is 86.5 Å². The molecular formula is C15H17N3O3. The highest BCUT2D eigenvalue weighted by atomic mass is 16.5. The van der Waals surface area contributed by atoms with Gasteiger partial charge in [-0.2, -0.15) is 0 Å². The van der Waals surface area contributed by atoms with E-state index in [-0.39, 0.29) is 5.91 Å². The average molecular weight is 287 g/mol. The number of pyridine rings is 1. The van der Waals surface area contributed by atoms with E-state index in [0.29, 0.717) is 29.4 Å². The lowest BCUT2D eigenvalue weighted by atomic mass is 10.2. The van der Waals surface area contributed by atoms with Gasteiger partial charge in [-0.05, 0) is 29.8 Å². The Morgan fingerprint density at radius 3 is 2.52 bits per heavy atom. The van der Waals surface area contributed by atoms with E-state index >= 15 is 0 Å². The Morgan fingerprint density at radius 2 is 1.95 bits per heavy atom. The van der Waals surface area contributed by atoms with Crippen LogP contribution >= 0.6 is 0 Å². The van der Waals surface area contributed by atoms with E-state index < -0.39 is 0 Å². The first-order chi connectivity index (χ1) is 10.2. The Bertz CT molecular complexity index is 627. The predicted octanol–water partition coefficient (Wildman–Crippen LogP) is 1.81. The van der Waals surface area contributed by atoms with Gasteiger partial charge in [-0.3, -0.25) is 4.79 Å². The first kappa shape index (κ1) is 14.8. The summed E-state index contributed by atoms with van der Waals surface area (Å²) in [4.78, 5) is 16.3. The third-order valence-electron chi connectivity index (χ3n) is 2.95. The lowest BCUT2D eigenvalue weighted by Crippen LogP contribution is -2.13. The van der Waals surface area contributed by atoms with Crippen LogP contribution in [-0.2, 0) is 6.54 Å². The number of methoxy groups -OCH3 is 2. The molecule has 6 nitrogen and oxygen atoms in total. The fraction of sp³-hybridized carbons (Fsp3) is 0.200. The highest BCUT2D eigenvalue weighted by molar-refractivity contribution is 6.04. The van der Waals surface area contributed by atoms with E-state index in [9.17, 15) is 4.79 Å². The molecule has 1 aromatic heterocycles. The van der Waals surface area contributed by atoms with Gasteiger partial charge in [0.25, 0.3) is 5.91 Å². The number of carbonyl (C=O) groups is 1. The summed E-state index contributed by atoms with van der Waals surface area (Å²) in [6, 6.07) is 8.48. The molecule has 0 aliphatic rings. The number of carbonyl (C=O) groups excluding carboxylic acids is 1. The molecule has 0 radical (unpaired) electrons. The van der Waals surface area contributed by atoms with Gasteiger partial charge in [0.1, 0.15) is 5.82 Å². The van der Waals surface area contributed by atoms with Gasteiger partial charge >= 0.3 is 0 Å². The second-order valence-electron chi connectivity index (χ2n) is 4.28. The van der Waals surface area contributed by atoms with E-state index in [0.717, 1.165) is 5.56 Å². The molecular weight excluding hydrogens is 270 g/mol. The predicted molar refractivity (Wildman–Crippen MR) is 79.6 cm³/mol.